The molecule has 0 saturated carbocycles. The van der Waals surface area contributed by atoms with Gasteiger partial charge in [0.2, 0.25) is 0 Å². The lowest BCUT2D eigenvalue weighted by molar-refractivity contribution is 0.760. The van der Waals surface area contributed by atoms with Crippen molar-refractivity contribution in [2.75, 3.05) is 5.32 Å². The molecule has 2 heterocycles. The van der Waals surface area contributed by atoms with E-state index in [1.54, 1.807) is 6.33 Å². The van der Waals surface area contributed by atoms with Crippen molar-refractivity contribution in [2.45, 2.75) is 40.2 Å². The molecule has 0 spiro atoms. The van der Waals surface area contributed by atoms with Crippen molar-refractivity contribution in [2.24, 2.45) is 0 Å². The highest BCUT2D eigenvalue weighted by atomic mass is 15.3. The van der Waals surface area contributed by atoms with Gasteiger partial charge in [-0.1, -0.05) is 24.6 Å². The van der Waals surface area contributed by atoms with Crippen LogP contribution in [0.3, 0.4) is 0 Å². The molecule has 22 heavy (non-hydrogen) atoms. The van der Waals surface area contributed by atoms with Gasteiger partial charge in [0.25, 0.3) is 0 Å². The maximum absolute atomic E-state index is 4.52. The van der Waals surface area contributed by atoms with Crippen molar-refractivity contribution in [3.63, 3.8) is 0 Å². The molecular formula is C17H21N5. The molecule has 114 valence electrons. The van der Waals surface area contributed by atoms with Crippen molar-refractivity contribution < 1.29 is 0 Å². The van der Waals surface area contributed by atoms with E-state index in [-0.39, 0.29) is 0 Å². The predicted octanol–water partition coefficient (Wildman–Crippen LogP) is 3.64. The van der Waals surface area contributed by atoms with Crippen molar-refractivity contribution >= 4 is 16.9 Å². The SMILES string of the molecule is CC[C@@H](C)Nc1ncnc2c1cnn2-c1ccc(C)cc1C. The Bertz CT molecular complexity index is 806. The molecule has 1 aromatic carbocycles. The summed E-state index contributed by atoms with van der Waals surface area (Å²) < 4.78 is 1.88. The molecular weight excluding hydrogens is 274 g/mol. The Hall–Kier alpha value is -2.43. The average molecular weight is 295 g/mol. The van der Waals surface area contributed by atoms with Crippen molar-refractivity contribution in [3.05, 3.63) is 41.9 Å². The van der Waals surface area contributed by atoms with Gasteiger partial charge in [-0.2, -0.15) is 5.10 Å². The van der Waals surface area contributed by atoms with Crippen LogP contribution in [0.2, 0.25) is 0 Å². The number of rotatable bonds is 4. The Morgan fingerprint density at radius 3 is 2.77 bits per heavy atom. The summed E-state index contributed by atoms with van der Waals surface area (Å²) in [5.74, 6) is 0.843. The van der Waals surface area contributed by atoms with E-state index >= 15 is 0 Å². The fourth-order valence-electron chi connectivity index (χ4n) is 2.51. The Labute approximate surface area is 130 Å². The molecule has 0 aliphatic rings. The standard InChI is InChI=1S/C17H21N5/c1-5-13(4)21-16-14-9-20-22(17(14)19-10-18-16)15-7-6-11(2)8-12(15)3/h6-10,13H,5H2,1-4H3,(H,18,19,21)/t13-/m1/s1. The summed E-state index contributed by atoms with van der Waals surface area (Å²) in [4.78, 5) is 8.79. The summed E-state index contributed by atoms with van der Waals surface area (Å²) in [5, 5.41) is 8.89. The number of fused-ring (bicyclic) bond motifs is 1. The van der Waals surface area contributed by atoms with Gasteiger partial charge in [0.1, 0.15) is 12.1 Å². The molecule has 0 fully saturated rings. The number of aromatic nitrogens is 4. The van der Waals surface area contributed by atoms with Gasteiger partial charge in [0, 0.05) is 6.04 Å². The first kappa shape index (κ1) is 14.5. The van der Waals surface area contributed by atoms with Crippen LogP contribution >= 0.6 is 0 Å². The maximum atomic E-state index is 4.52. The molecule has 0 amide bonds. The number of hydrogen-bond acceptors (Lipinski definition) is 4. The largest absolute Gasteiger partial charge is 0.367 e. The lowest BCUT2D eigenvalue weighted by Crippen LogP contribution is -2.14. The molecule has 1 N–H and O–H groups in total. The zero-order chi connectivity index (χ0) is 15.7. The summed E-state index contributed by atoms with van der Waals surface area (Å²) in [6.45, 7) is 8.47. The second kappa shape index (κ2) is 5.75. The summed E-state index contributed by atoms with van der Waals surface area (Å²) in [6.07, 6.45) is 4.46. The van der Waals surface area contributed by atoms with Crippen LogP contribution in [0.5, 0.6) is 0 Å². The Morgan fingerprint density at radius 2 is 2.05 bits per heavy atom. The van der Waals surface area contributed by atoms with Crippen molar-refractivity contribution in [1.29, 1.82) is 0 Å². The van der Waals surface area contributed by atoms with E-state index in [9.17, 15) is 0 Å². The molecule has 1 atom stereocenters. The Kier molecular flexibility index (Phi) is 3.79. The third-order valence-corrected chi connectivity index (χ3v) is 3.94. The molecule has 5 heteroatoms. The second-order valence-corrected chi connectivity index (χ2v) is 5.76. The minimum atomic E-state index is 0.363. The highest BCUT2D eigenvalue weighted by Crippen LogP contribution is 2.24. The smallest absolute Gasteiger partial charge is 0.168 e. The molecule has 0 bridgehead atoms. The minimum Gasteiger partial charge on any atom is -0.367 e. The first-order valence-corrected chi connectivity index (χ1v) is 7.63. The summed E-state index contributed by atoms with van der Waals surface area (Å²) >= 11 is 0. The monoisotopic (exact) mass is 295 g/mol. The zero-order valence-electron chi connectivity index (χ0n) is 13.5. The van der Waals surface area contributed by atoms with Crippen LogP contribution in [0.4, 0.5) is 5.82 Å². The van der Waals surface area contributed by atoms with E-state index in [2.05, 4.69) is 66.3 Å². The van der Waals surface area contributed by atoms with Gasteiger partial charge < -0.3 is 5.32 Å². The number of aryl methyl sites for hydroxylation is 2. The normalized spacial score (nSPS) is 12.5. The van der Waals surface area contributed by atoms with E-state index in [0.717, 1.165) is 29.0 Å². The topological polar surface area (TPSA) is 55.6 Å². The van der Waals surface area contributed by atoms with E-state index in [1.165, 1.54) is 11.1 Å². The van der Waals surface area contributed by atoms with Crippen LogP contribution in [0.25, 0.3) is 16.7 Å². The van der Waals surface area contributed by atoms with Gasteiger partial charge in [-0.25, -0.2) is 14.6 Å². The molecule has 3 rings (SSSR count). The Balaban J connectivity index is 2.11. The first-order chi connectivity index (χ1) is 10.6. The Morgan fingerprint density at radius 1 is 1.23 bits per heavy atom. The van der Waals surface area contributed by atoms with Crippen molar-refractivity contribution in [1.82, 2.24) is 19.7 Å². The van der Waals surface area contributed by atoms with E-state index < -0.39 is 0 Å². The van der Waals surface area contributed by atoms with Crippen LogP contribution in [0.1, 0.15) is 31.4 Å². The zero-order valence-corrected chi connectivity index (χ0v) is 13.5. The fourth-order valence-corrected chi connectivity index (χ4v) is 2.51. The van der Waals surface area contributed by atoms with E-state index in [4.69, 9.17) is 0 Å². The number of hydrogen-bond donors (Lipinski definition) is 1. The predicted molar refractivity (Wildman–Crippen MR) is 89.5 cm³/mol. The molecule has 0 saturated heterocycles. The van der Waals surface area contributed by atoms with Crippen LogP contribution in [0, 0.1) is 13.8 Å². The molecule has 0 aliphatic carbocycles. The third-order valence-electron chi connectivity index (χ3n) is 3.94. The summed E-state index contributed by atoms with van der Waals surface area (Å²) in [6, 6.07) is 6.70. The van der Waals surface area contributed by atoms with Gasteiger partial charge in [-0.3, -0.25) is 0 Å². The molecule has 0 unspecified atom stereocenters. The minimum absolute atomic E-state index is 0.363. The number of nitrogens with one attached hydrogen (secondary N) is 1. The van der Waals surface area contributed by atoms with Crippen LogP contribution in [0.15, 0.2) is 30.7 Å². The van der Waals surface area contributed by atoms with Gasteiger partial charge in [-0.15, -0.1) is 0 Å². The molecule has 3 aromatic rings. The number of anilines is 1. The summed E-state index contributed by atoms with van der Waals surface area (Å²) in [7, 11) is 0. The van der Waals surface area contributed by atoms with Gasteiger partial charge in [0.15, 0.2) is 5.65 Å². The van der Waals surface area contributed by atoms with Crippen LogP contribution in [-0.4, -0.2) is 25.8 Å². The van der Waals surface area contributed by atoms with Crippen LogP contribution in [-0.2, 0) is 0 Å². The number of nitrogens with zero attached hydrogens (tertiary/aromatic N) is 4. The average Bonchev–Trinajstić information content (AvgIpc) is 2.92. The second-order valence-electron chi connectivity index (χ2n) is 5.76. The van der Waals surface area contributed by atoms with E-state index in [1.807, 2.05) is 10.9 Å². The molecule has 0 radical (unpaired) electrons. The van der Waals surface area contributed by atoms with Crippen molar-refractivity contribution in [3.8, 4) is 5.69 Å². The van der Waals surface area contributed by atoms with Crippen LogP contribution < -0.4 is 5.32 Å². The highest BCUT2D eigenvalue weighted by molar-refractivity contribution is 5.87. The molecule has 5 nitrogen and oxygen atoms in total. The lowest BCUT2D eigenvalue weighted by atomic mass is 10.1. The van der Waals surface area contributed by atoms with E-state index in [0.29, 0.717) is 6.04 Å². The molecule has 2 aromatic heterocycles. The number of benzene rings is 1. The maximum Gasteiger partial charge on any atom is 0.168 e. The highest BCUT2D eigenvalue weighted by Gasteiger charge is 2.13. The quantitative estimate of drug-likeness (QED) is 0.798. The van der Waals surface area contributed by atoms with Gasteiger partial charge >= 0.3 is 0 Å². The first-order valence-electron chi connectivity index (χ1n) is 7.63. The fraction of sp³-hybridized carbons (Fsp3) is 0.353. The van der Waals surface area contributed by atoms with Gasteiger partial charge in [0.05, 0.1) is 17.3 Å². The summed E-state index contributed by atoms with van der Waals surface area (Å²) in [5.41, 5.74) is 4.30. The third kappa shape index (κ3) is 2.54. The lowest BCUT2D eigenvalue weighted by Gasteiger charge is -2.12. The van der Waals surface area contributed by atoms with Gasteiger partial charge in [-0.05, 0) is 38.8 Å². The molecule has 0 aliphatic heterocycles.